The second-order valence-corrected chi connectivity index (χ2v) is 5.44. The van der Waals surface area contributed by atoms with Crippen LogP contribution in [0.1, 0.15) is 11.1 Å². The van der Waals surface area contributed by atoms with Gasteiger partial charge in [-0.3, -0.25) is 0 Å². The van der Waals surface area contributed by atoms with Crippen molar-refractivity contribution in [3.8, 4) is 11.3 Å². The summed E-state index contributed by atoms with van der Waals surface area (Å²) in [6, 6.07) is 16.6. The van der Waals surface area contributed by atoms with Gasteiger partial charge in [0, 0.05) is 35.5 Å². The van der Waals surface area contributed by atoms with Crippen LogP contribution in [0.4, 0.5) is 0 Å². The molecule has 0 aliphatic heterocycles. The summed E-state index contributed by atoms with van der Waals surface area (Å²) in [4.78, 5) is 4.11. The number of hydrogen-bond acceptors (Lipinski definition) is 2. The maximum Gasteiger partial charge on any atom is 0.138 e. The molecule has 0 aliphatic carbocycles. The third kappa shape index (κ3) is 2.11. The van der Waals surface area contributed by atoms with E-state index in [9.17, 15) is 0 Å². The van der Waals surface area contributed by atoms with Crippen molar-refractivity contribution in [2.45, 2.75) is 13.5 Å². The van der Waals surface area contributed by atoms with Gasteiger partial charge in [-0.05, 0) is 18.6 Å². The van der Waals surface area contributed by atoms with Crippen LogP contribution in [-0.4, -0.2) is 9.55 Å². The molecule has 2 heterocycles. The molecule has 3 heteroatoms. The van der Waals surface area contributed by atoms with Crippen LogP contribution in [-0.2, 0) is 6.54 Å². The van der Waals surface area contributed by atoms with Crippen molar-refractivity contribution in [3.63, 3.8) is 0 Å². The van der Waals surface area contributed by atoms with Gasteiger partial charge in [0.15, 0.2) is 0 Å². The summed E-state index contributed by atoms with van der Waals surface area (Å²) >= 11 is 0. The fourth-order valence-electron chi connectivity index (χ4n) is 2.89. The summed E-state index contributed by atoms with van der Waals surface area (Å²) in [5.74, 6) is 0.955. The van der Waals surface area contributed by atoms with Crippen molar-refractivity contribution < 1.29 is 4.42 Å². The molecule has 0 saturated heterocycles. The second-order valence-electron chi connectivity index (χ2n) is 5.44. The smallest absolute Gasteiger partial charge is 0.138 e. The molecule has 3 nitrogen and oxygen atoms in total. The van der Waals surface area contributed by atoms with Gasteiger partial charge in [-0.15, -0.1) is 0 Å². The molecule has 22 heavy (non-hydrogen) atoms. The summed E-state index contributed by atoms with van der Waals surface area (Å²) in [5.41, 5.74) is 4.49. The van der Waals surface area contributed by atoms with Gasteiger partial charge in [0.05, 0.1) is 6.33 Å². The molecule has 0 aliphatic rings. The third-order valence-electron chi connectivity index (χ3n) is 4.02. The van der Waals surface area contributed by atoms with E-state index in [1.807, 2.05) is 30.7 Å². The van der Waals surface area contributed by atoms with Gasteiger partial charge in [-0.2, -0.15) is 0 Å². The maximum atomic E-state index is 6.12. The van der Waals surface area contributed by atoms with Crippen molar-refractivity contribution >= 4 is 11.0 Å². The first-order valence-electron chi connectivity index (χ1n) is 7.35. The Morgan fingerprint density at radius 2 is 1.86 bits per heavy atom. The lowest BCUT2D eigenvalue weighted by molar-refractivity contribution is 0.627. The molecular weight excluding hydrogens is 272 g/mol. The number of imidazole rings is 1. The first-order valence-corrected chi connectivity index (χ1v) is 7.35. The van der Waals surface area contributed by atoms with E-state index in [1.165, 1.54) is 16.5 Å². The molecule has 0 radical (unpaired) electrons. The molecule has 108 valence electrons. The number of aromatic nitrogens is 2. The van der Waals surface area contributed by atoms with Gasteiger partial charge in [-0.25, -0.2) is 4.98 Å². The van der Waals surface area contributed by atoms with E-state index in [0.29, 0.717) is 0 Å². The second kappa shape index (κ2) is 5.19. The van der Waals surface area contributed by atoms with Gasteiger partial charge >= 0.3 is 0 Å². The van der Waals surface area contributed by atoms with E-state index in [2.05, 4.69) is 46.8 Å². The summed E-state index contributed by atoms with van der Waals surface area (Å²) in [5, 5.41) is 1.18. The number of rotatable bonds is 3. The Kier molecular flexibility index (Phi) is 3.04. The molecule has 0 spiro atoms. The van der Waals surface area contributed by atoms with Crippen LogP contribution in [0.25, 0.3) is 22.3 Å². The first-order chi connectivity index (χ1) is 10.8. The molecule has 0 amide bonds. The van der Waals surface area contributed by atoms with E-state index in [0.717, 1.165) is 23.5 Å². The van der Waals surface area contributed by atoms with Crippen LogP contribution in [0.3, 0.4) is 0 Å². The van der Waals surface area contributed by atoms with Gasteiger partial charge in [-0.1, -0.05) is 42.5 Å². The first kappa shape index (κ1) is 12.9. The summed E-state index contributed by atoms with van der Waals surface area (Å²) in [6.45, 7) is 2.90. The SMILES string of the molecule is Cc1c(-c2ccccc2Cn2ccnc2)oc2ccccc12. The average molecular weight is 288 g/mol. The molecule has 4 aromatic rings. The van der Waals surface area contributed by atoms with Crippen LogP contribution >= 0.6 is 0 Å². The monoisotopic (exact) mass is 288 g/mol. The Labute approximate surface area is 128 Å². The Morgan fingerprint density at radius 1 is 1.05 bits per heavy atom. The number of para-hydroxylation sites is 1. The number of fused-ring (bicyclic) bond motifs is 1. The van der Waals surface area contributed by atoms with E-state index < -0.39 is 0 Å². The van der Waals surface area contributed by atoms with Gasteiger partial charge in [0.1, 0.15) is 11.3 Å². The minimum Gasteiger partial charge on any atom is -0.456 e. The quantitative estimate of drug-likeness (QED) is 0.549. The molecule has 0 N–H and O–H groups in total. The zero-order chi connectivity index (χ0) is 14.9. The predicted molar refractivity (Wildman–Crippen MR) is 87.7 cm³/mol. The number of aryl methyl sites for hydroxylation is 1. The largest absolute Gasteiger partial charge is 0.456 e. The average Bonchev–Trinajstić information content (AvgIpc) is 3.17. The Balaban J connectivity index is 1.86. The van der Waals surface area contributed by atoms with Crippen LogP contribution in [0, 0.1) is 6.92 Å². The number of hydrogen-bond donors (Lipinski definition) is 0. The minimum atomic E-state index is 0.784. The lowest BCUT2D eigenvalue weighted by atomic mass is 10.0. The van der Waals surface area contributed by atoms with E-state index in [4.69, 9.17) is 4.42 Å². The van der Waals surface area contributed by atoms with Crippen LogP contribution in [0.2, 0.25) is 0 Å². The van der Waals surface area contributed by atoms with Crippen LogP contribution in [0.15, 0.2) is 71.7 Å². The molecular formula is C19H16N2O. The molecule has 2 aromatic heterocycles. The molecule has 0 bridgehead atoms. The van der Waals surface area contributed by atoms with Crippen molar-refractivity contribution in [3.05, 3.63) is 78.4 Å². The molecule has 0 fully saturated rings. The zero-order valence-corrected chi connectivity index (χ0v) is 12.4. The van der Waals surface area contributed by atoms with Crippen molar-refractivity contribution in [1.29, 1.82) is 0 Å². The van der Waals surface area contributed by atoms with Gasteiger partial charge < -0.3 is 8.98 Å². The van der Waals surface area contributed by atoms with Gasteiger partial charge in [0.25, 0.3) is 0 Å². The highest BCUT2D eigenvalue weighted by Crippen LogP contribution is 2.34. The van der Waals surface area contributed by atoms with Gasteiger partial charge in [0.2, 0.25) is 0 Å². The molecule has 0 atom stereocenters. The Morgan fingerprint density at radius 3 is 2.68 bits per heavy atom. The topological polar surface area (TPSA) is 31.0 Å². The summed E-state index contributed by atoms with van der Waals surface area (Å²) in [6.07, 6.45) is 5.61. The highest BCUT2D eigenvalue weighted by Gasteiger charge is 2.14. The number of furan rings is 1. The van der Waals surface area contributed by atoms with Crippen molar-refractivity contribution in [2.75, 3.05) is 0 Å². The summed E-state index contributed by atoms with van der Waals surface area (Å²) < 4.78 is 8.19. The van der Waals surface area contributed by atoms with Crippen LogP contribution in [0.5, 0.6) is 0 Å². The molecule has 0 unspecified atom stereocenters. The predicted octanol–water partition coefficient (Wildman–Crippen LogP) is 4.65. The lowest BCUT2D eigenvalue weighted by Crippen LogP contribution is -1.98. The Bertz CT molecular complexity index is 920. The third-order valence-corrected chi connectivity index (χ3v) is 4.02. The fourth-order valence-corrected chi connectivity index (χ4v) is 2.89. The normalized spacial score (nSPS) is 11.1. The lowest BCUT2D eigenvalue weighted by Gasteiger charge is -2.09. The Hall–Kier alpha value is -2.81. The van der Waals surface area contributed by atoms with Crippen LogP contribution < -0.4 is 0 Å². The molecule has 4 rings (SSSR count). The number of benzene rings is 2. The maximum absolute atomic E-state index is 6.12. The van der Waals surface area contributed by atoms with Crippen molar-refractivity contribution in [2.24, 2.45) is 0 Å². The van der Waals surface area contributed by atoms with E-state index in [1.54, 1.807) is 6.20 Å². The zero-order valence-electron chi connectivity index (χ0n) is 12.4. The van der Waals surface area contributed by atoms with E-state index in [-0.39, 0.29) is 0 Å². The summed E-state index contributed by atoms with van der Waals surface area (Å²) in [7, 11) is 0. The number of nitrogens with zero attached hydrogens (tertiary/aromatic N) is 2. The highest BCUT2D eigenvalue weighted by atomic mass is 16.3. The standard InChI is InChI=1S/C19H16N2O/c1-14-16-7-4-5-9-18(16)22-19(14)17-8-3-2-6-15(17)12-21-11-10-20-13-21/h2-11,13H,12H2,1H3. The van der Waals surface area contributed by atoms with E-state index >= 15 is 0 Å². The minimum absolute atomic E-state index is 0.784. The highest BCUT2D eigenvalue weighted by molar-refractivity contribution is 5.88. The fraction of sp³-hybridized carbons (Fsp3) is 0.105. The van der Waals surface area contributed by atoms with Crippen molar-refractivity contribution in [1.82, 2.24) is 9.55 Å². The molecule has 0 saturated carbocycles. The molecule has 2 aromatic carbocycles.